The number of benzene rings is 1. The van der Waals surface area contributed by atoms with Gasteiger partial charge in [-0.2, -0.15) is 0 Å². The Hall–Kier alpha value is -1.26. The zero-order chi connectivity index (χ0) is 14.3. The van der Waals surface area contributed by atoms with E-state index in [2.05, 4.69) is 23.7 Å². The maximum Gasteiger partial charge on any atom is 0.326 e. The second-order valence-electron chi connectivity index (χ2n) is 5.85. The molecule has 2 aromatic rings. The first-order chi connectivity index (χ1) is 9.56. The third-order valence-corrected chi connectivity index (χ3v) is 4.44. The fraction of sp³-hybridized carbons (Fsp3) is 0.533. The number of H-pyrrole nitrogens is 1. The van der Waals surface area contributed by atoms with Gasteiger partial charge in [-0.3, -0.25) is 9.47 Å². The van der Waals surface area contributed by atoms with E-state index in [9.17, 15) is 4.79 Å². The molecule has 108 valence electrons. The highest BCUT2D eigenvalue weighted by atomic mass is 35.5. The lowest BCUT2D eigenvalue weighted by molar-refractivity contribution is 0.143. The van der Waals surface area contributed by atoms with Crippen molar-refractivity contribution in [2.75, 3.05) is 13.1 Å². The number of hydrogen-bond donors (Lipinski definition) is 1. The summed E-state index contributed by atoms with van der Waals surface area (Å²) < 4.78 is 1.90. The molecule has 0 saturated carbocycles. The quantitative estimate of drug-likeness (QED) is 0.925. The van der Waals surface area contributed by atoms with Gasteiger partial charge in [0.05, 0.1) is 17.1 Å². The van der Waals surface area contributed by atoms with E-state index in [0.29, 0.717) is 11.1 Å². The molecule has 3 rings (SSSR count). The molecule has 2 heterocycles. The Morgan fingerprint density at radius 1 is 1.40 bits per heavy atom. The van der Waals surface area contributed by atoms with E-state index in [-0.39, 0.29) is 11.7 Å². The Balaban J connectivity index is 2.01. The lowest BCUT2D eigenvalue weighted by atomic mass is 10.0. The van der Waals surface area contributed by atoms with E-state index in [1.54, 1.807) is 0 Å². The van der Waals surface area contributed by atoms with Gasteiger partial charge in [0.2, 0.25) is 0 Å². The van der Waals surface area contributed by atoms with Crippen molar-refractivity contribution >= 4 is 22.6 Å². The molecule has 1 aromatic heterocycles. The average Bonchev–Trinajstić information content (AvgIpc) is 2.73. The Kier molecular flexibility index (Phi) is 3.61. The van der Waals surface area contributed by atoms with Gasteiger partial charge in [-0.05, 0) is 51.4 Å². The van der Waals surface area contributed by atoms with Crippen molar-refractivity contribution in [3.63, 3.8) is 0 Å². The normalized spacial score (nSPS) is 20.9. The number of nitrogens with zero attached hydrogens (tertiary/aromatic N) is 2. The van der Waals surface area contributed by atoms with Crippen molar-refractivity contribution < 1.29 is 0 Å². The third-order valence-electron chi connectivity index (χ3n) is 4.20. The third kappa shape index (κ3) is 2.38. The molecule has 5 heteroatoms. The van der Waals surface area contributed by atoms with Crippen LogP contribution in [0.25, 0.3) is 11.0 Å². The molecule has 1 fully saturated rings. The second kappa shape index (κ2) is 5.26. The first-order valence-electron chi connectivity index (χ1n) is 7.20. The average molecular weight is 294 g/mol. The number of hydrogen-bond acceptors (Lipinski definition) is 2. The number of nitrogens with one attached hydrogen (secondary N) is 1. The van der Waals surface area contributed by atoms with E-state index < -0.39 is 0 Å². The van der Waals surface area contributed by atoms with Gasteiger partial charge < -0.3 is 4.98 Å². The monoisotopic (exact) mass is 293 g/mol. The first kappa shape index (κ1) is 13.7. The smallest absolute Gasteiger partial charge is 0.305 e. The molecule has 1 aromatic carbocycles. The van der Waals surface area contributed by atoms with Crippen molar-refractivity contribution in [3.05, 3.63) is 33.7 Å². The summed E-state index contributed by atoms with van der Waals surface area (Å²) in [5, 5.41) is 0.651. The predicted molar refractivity (Wildman–Crippen MR) is 82.5 cm³/mol. The number of piperidine rings is 1. The van der Waals surface area contributed by atoms with Gasteiger partial charge in [-0.25, -0.2) is 4.79 Å². The van der Waals surface area contributed by atoms with E-state index >= 15 is 0 Å². The van der Waals surface area contributed by atoms with Gasteiger partial charge >= 0.3 is 5.69 Å². The van der Waals surface area contributed by atoms with Crippen LogP contribution in [0.5, 0.6) is 0 Å². The summed E-state index contributed by atoms with van der Waals surface area (Å²) >= 11 is 5.99. The van der Waals surface area contributed by atoms with E-state index in [0.717, 1.165) is 37.0 Å². The number of rotatable bonds is 2. The maximum atomic E-state index is 12.3. The highest BCUT2D eigenvalue weighted by Gasteiger charge is 2.25. The zero-order valence-electron chi connectivity index (χ0n) is 11.9. The van der Waals surface area contributed by atoms with Crippen LogP contribution in [0.3, 0.4) is 0 Å². The van der Waals surface area contributed by atoms with Crippen LogP contribution in [0.15, 0.2) is 23.0 Å². The number of halogens is 1. The Labute approximate surface area is 123 Å². The summed E-state index contributed by atoms with van der Waals surface area (Å²) in [5.74, 6) is 0. The number of fused-ring (bicyclic) bond motifs is 1. The summed E-state index contributed by atoms with van der Waals surface area (Å²) in [5.41, 5.74) is 1.75. The Morgan fingerprint density at radius 3 is 2.95 bits per heavy atom. The van der Waals surface area contributed by atoms with Crippen molar-refractivity contribution in [1.29, 1.82) is 0 Å². The molecule has 0 aliphatic carbocycles. The standard InChI is InChI=1S/C15H20ClN3O/c1-10(2)18-7-3-4-12(9-18)19-14-6-5-11(16)8-13(14)17-15(19)20/h5-6,8,10,12H,3-4,7,9H2,1-2H3,(H,17,20). The highest BCUT2D eigenvalue weighted by Crippen LogP contribution is 2.26. The van der Waals surface area contributed by atoms with Crippen LogP contribution in [-0.2, 0) is 0 Å². The summed E-state index contributed by atoms with van der Waals surface area (Å²) in [6, 6.07) is 6.36. The molecule has 1 N–H and O–H groups in total. The van der Waals surface area contributed by atoms with Crippen LogP contribution in [-0.4, -0.2) is 33.6 Å². The maximum absolute atomic E-state index is 12.3. The molecule has 0 spiro atoms. The molecule has 1 saturated heterocycles. The number of imidazole rings is 1. The van der Waals surface area contributed by atoms with Crippen molar-refractivity contribution in [2.45, 2.75) is 38.8 Å². The molecule has 4 nitrogen and oxygen atoms in total. The molecular weight excluding hydrogens is 274 g/mol. The van der Waals surface area contributed by atoms with Crippen molar-refractivity contribution in [2.24, 2.45) is 0 Å². The van der Waals surface area contributed by atoms with Crippen molar-refractivity contribution in [1.82, 2.24) is 14.5 Å². The lowest BCUT2D eigenvalue weighted by Crippen LogP contribution is -2.42. The minimum atomic E-state index is -0.0297. The summed E-state index contributed by atoms with van der Waals surface area (Å²) in [4.78, 5) is 17.6. The van der Waals surface area contributed by atoms with Crippen molar-refractivity contribution in [3.8, 4) is 0 Å². The van der Waals surface area contributed by atoms with Gasteiger partial charge in [-0.15, -0.1) is 0 Å². The zero-order valence-corrected chi connectivity index (χ0v) is 12.7. The van der Waals surface area contributed by atoms with Gasteiger partial charge in [0.25, 0.3) is 0 Å². The molecule has 1 atom stereocenters. The van der Waals surface area contributed by atoms with Crippen LogP contribution in [0, 0.1) is 0 Å². The minimum Gasteiger partial charge on any atom is -0.305 e. The molecule has 1 aliphatic heterocycles. The van der Waals surface area contributed by atoms with Crippen LogP contribution in [0.1, 0.15) is 32.7 Å². The van der Waals surface area contributed by atoms with Crippen LogP contribution in [0.2, 0.25) is 5.02 Å². The first-order valence-corrected chi connectivity index (χ1v) is 7.58. The summed E-state index contributed by atoms with van der Waals surface area (Å²) in [6.07, 6.45) is 2.19. The topological polar surface area (TPSA) is 41.0 Å². The van der Waals surface area contributed by atoms with Gasteiger partial charge in [0, 0.05) is 17.6 Å². The Morgan fingerprint density at radius 2 is 2.20 bits per heavy atom. The van der Waals surface area contributed by atoms with Crippen LogP contribution < -0.4 is 5.69 Å². The lowest BCUT2D eigenvalue weighted by Gasteiger charge is -2.35. The van der Waals surface area contributed by atoms with Gasteiger partial charge in [-0.1, -0.05) is 11.6 Å². The van der Waals surface area contributed by atoms with Gasteiger partial charge in [0.1, 0.15) is 0 Å². The molecule has 1 unspecified atom stereocenters. The number of aromatic amines is 1. The Bertz CT molecular complexity index is 673. The number of likely N-dealkylation sites (tertiary alicyclic amines) is 1. The molecular formula is C15H20ClN3O. The van der Waals surface area contributed by atoms with E-state index in [4.69, 9.17) is 11.6 Å². The fourth-order valence-electron chi connectivity index (χ4n) is 3.13. The molecule has 0 bridgehead atoms. The highest BCUT2D eigenvalue weighted by molar-refractivity contribution is 6.31. The van der Waals surface area contributed by atoms with Gasteiger partial charge in [0.15, 0.2) is 0 Å². The number of aromatic nitrogens is 2. The molecule has 20 heavy (non-hydrogen) atoms. The van der Waals surface area contributed by atoms with Crippen LogP contribution >= 0.6 is 11.6 Å². The minimum absolute atomic E-state index is 0.0297. The molecule has 0 radical (unpaired) electrons. The van der Waals surface area contributed by atoms with Crippen LogP contribution in [0.4, 0.5) is 0 Å². The fourth-order valence-corrected chi connectivity index (χ4v) is 3.30. The SMILES string of the molecule is CC(C)N1CCCC(n2c(=O)[nH]c3cc(Cl)ccc32)C1. The second-order valence-corrected chi connectivity index (χ2v) is 6.28. The largest absolute Gasteiger partial charge is 0.326 e. The predicted octanol–water partition coefficient (Wildman–Crippen LogP) is 3.03. The summed E-state index contributed by atoms with van der Waals surface area (Å²) in [6.45, 7) is 6.48. The molecule has 0 amide bonds. The summed E-state index contributed by atoms with van der Waals surface area (Å²) in [7, 11) is 0. The van der Waals surface area contributed by atoms with E-state index in [1.807, 2.05) is 22.8 Å². The van der Waals surface area contributed by atoms with E-state index in [1.165, 1.54) is 0 Å². The molecule has 1 aliphatic rings.